The van der Waals surface area contributed by atoms with Gasteiger partial charge < -0.3 is 10.6 Å². The van der Waals surface area contributed by atoms with Crippen molar-refractivity contribution in [3.8, 4) is 0 Å². The van der Waals surface area contributed by atoms with Crippen LogP contribution < -0.4 is 10.6 Å². The molecule has 82 valence electrons. The van der Waals surface area contributed by atoms with Gasteiger partial charge in [-0.2, -0.15) is 0 Å². The molecule has 0 unspecified atom stereocenters. The predicted molar refractivity (Wildman–Crippen MR) is 63.3 cm³/mol. The van der Waals surface area contributed by atoms with Crippen LogP contribution in [-0.4, -0.2) is 24.1 Å². The van der Waals surface area contributed by atoms with Gasteiger partial charge in [0.15, 0.2) is 0 Å². The Morgan fingerprint density at radius 1 is 1.40 bits per heavy atom. The summed E-state index contributed by atoms with van der Waals surface area (Å²) in [7, 11) is 0. The van der Waals surface area contributed by atoms with Crippen LogP contribution in [0.2, 0.25) is 0 Å². The van der Waals surface area contributed by atoms with Crippen molar-refractivity contribution >= 4 is 5.69 Å². The minimum atomic E-state index is 0.541. The number of anilines is 1. The first-order valence-corrected chi connectivity index (χ1v) is 5.60. The number of hydrogen-bond donors (Lipinski definition) is 2. The Balaban J connectivity index is 2.19. The zero-order valence-electron chi connectivity index (χ0n) is 9.67. The minimum Gasteiger partial charge on any atom is -0.378 e. The summed E-state index contributed by atoms with van der Waals surface area (Å²) in [6, 6.07) is 0.577. The molecule has 0 atom stereocenters. The van der Waals surface area contributed by atoms with E-state index in [0.717, 1.165) is 13.1 Å². The van der Waals surface area contributed by atoms with Crippen molar-refractivity contribution in [1.29, 1.82) is 0 Å². The molecule has 1 fully saturated rings. The molecule has 1 aromatic rings. The second-order valence-electron chi connectivity index (χ2n) is 4.56. The van der Waals surface area contributed by atoms with Crippen LogP contribution >= 0.6 is 0 Å². The maximum Gasteiger partial charge on any atom is 0.0562 e. The fourth-order valence-electron chi connectivity index (χ4n) is 1.88. The third-order valence-corrected chi connectivity index (χ3v) is 3.02. The summed E-state index contributed by atoms with van der Waals surface area (Å²) >= 11 is 0. The first kappa shape index (κ1) is 10.4. The van der Waals surface area contributed by atoms with Crippen LogP contribution in [-0.2, 0) is 0 Å². The Bertz CT molecular complexity index is 343. The van der Waals surface area contributed by atoms with Crippen molar-refractivity contribution in [1.82, 2.24) is 10.3 Å². The Hall–Kier alpha value is -1.09. The number of aromatic nitrogens is 1. The average Bonchev–Trinajstić information content (AvgIpc) is 2.13. The first-order valence-electron chi connectivity index (χ1n) is 5.60. The zero-order chi connectivity index (χ0) is 10.8. The second-order valence-corrected chi connectivity index (χ2v) is 4.56. The predicted octanol–water partition coefficient (Wildman–Crippen LogP) is 1.90. The Morgan fingerprint density at radius 3 is 2.67 bits per heavy atom. The molecule has 1 aliphatic heterocycles. The first-order chi connectivity index (χ1) is 7.18. The molecular formula is C12H19N3. The smallest absolute Gasteiger partial charge is 0.0562 e. The highest BCUT2D eigenvalue weighted by molar-refractivity contribution is 5.53. The van der Waals surface area contributed by atoms with Crippen molar-refractivity contribution in [2.75, 3.05) is 18.4 Å². The van der Waals surface area contributed by atoms with Crippen LogP contribution in [0.4, 0.5) is 5.69 Å². The lowest BCUT2D eigenvalue weighted by Crippen LogP contribution is -2.51. The highest BCUT2D eigenvalue weighted by atomic mass is 15.1. The van der Waals surface area contributed by atoms with Crippen molar-refractivity contribution < 1.29 is 0 Å². The fraction of sp³-hybridized carbons (Fsp3) is 0.583. The van der Waals surface area contributed by atoms with Gasteiger partial charge >= 0.3 is 0 Å². The van der Waals surface area contributed by atoms with E-state index in [-0.39, 0.29) is 0 Å². The highest BCUT2D eigenvalue weighted by Gasteiger charge is 2.17. The van der Waals surface area contributed by atoms with Gasteiger partial charge in [-0.05, 0) is 24.0 Å². The molecule has 0 amide bonds. The van der Waals surface area contributed by atoms with E-state index >= 15 is 0 Å². The van der Waals surface area contributed by atoms with Crippen LogP contribution in [0.25, 0.3) is 0 Å². The lowest BCUT2D eigenvalue weighted by molar-refractivity contribution is 0.472. The lowest BCUT2D eigenvalue weighted by Gasteiger charge is -2.30. The second kappa shape index (κ2) is 4.19. The van der Waals surface area contributed by atoms with Crippen LogP contribution in [0, 0.1) is 6.92 Å². The number of nitrogens with one attached hydrogen (secondary N) is 2. The molecule has 1 aliphatic rings. The molecule has 2 rings (SSSR count). The number of hydrogen-bond acceptors (Lipinski definition) is 3. The molecular weight excluding hydrogens is 186 g/mol. The van der Waals surface area contributed by atoms with Crippen molar-refractivity contribution in [2.24, 2.45) is 0 Å². The molecule has 3 nitrogen and oxygen atoms in total. The summed E-state index contributed by atoms with van der Waals surface area (Å²) in [6.45, 7) is 8.71. The summed E-state index contributed by atoms with van der Waals surface area (Å²) < 4.78 is 0. The van der Waals surface area contributed by atoms with E-state index in [0.29, 0.717) is 12.0 Å². The van der Waals surface area contributed by atoms with E-state index in [4.69, 9.17) is 0 Å². The molecule has 15 heavy (non-hydrogen) atoms. The summed E-state index contributed by atoms with van der Waals surface area (Å²) in [6.07, 6.45) is 3.91. The van der Waals surface area contributed by atoms with Gasteiger partial charge in [0.2, 0.25) is 0 Å². The topological polar surface area (TPSA) is 37.0 Å². The van der Waals surface area contributed by atoms with Gasteiger partial charge in [-0.1, -0.05) is 13.8 Å². The lowest BCUT2D eigenvalue weighted by atomic mass is 9.99. The Labute approximate surface area is 91.3 Å². The fourth-order valence-corrected chi connectivity index (χ4v) is 1.88. The largest absolute Gasteiger partial charge is 0.378 e. The van der Waals surface area contributed by atoms with Gasteiger partial charge in [0, 0.05) is 19.3 Å². The van der Waals surface area contributed by atoms with E-state index in [2.05, 4.69) is 36.4 Å². The monoisotopic (exact) mass is 205 g/mol. The summed E-state index contributed by atoms with van der Waals surface area (Å²) in [5, 5.41) is 6.77. The van der Waals surface area contributed by atoms with Crippen LogP contribution in [0.3, 0.4) is 0 Å². The molecule has 1 aromatic heterocycles. The molecule has 2 N–H and O–H groups in total. The molecule has 0 saturated carbocycles. The summed E-state index contributed by atoms with van der Waals surface area (Å²) in [5.74, 6) is 0.541. The summed E-state index contributed by atoms with van der Waals surface area (Å²) in [5.41, 5.74) is 3.87. The van der Waals surface area contributed by atoms with Gasteiger partial charge in [-0.3, -0.25) is 4.98 Å². The third kappa shape index (κ3) is 2.12. The van der Waals surface area contributed by atoms with Crippen LogP contribution in [0.5, 0.6) is 0 Å². The molecule has 0 spiro atoms. The van der Waals surface area contributed by atoms with Crippen molar-refractivity contribution in [3.63, 3.8) is 0 Å². The molecule has 3 heteroatoms. The molecule has 0 aliphatic carbocycles. The van der Waals surface area contributed by atoms with E-state index in [9.17, 15) is 0 Å². The molecule has 1 saturated heterocycles. The summed E-state index contributed by atoms with van der Waals surface area (Å²) in [4.78, 5) is 4.30. The molecule has 0 radical (unpaired) electrons. The Morgan fingerprint density at radius 2 is 2.13 bits per heavy atom. The minimum absolute atomic E-state index is 0.541. The van der Waals surface area contributed by atoms with Gasteiger partial charge in [0.25, 0.3) is 0 Å². The normalized spacial score (nSPS) is 16.5. The quantitative estimate of drug-likeness (QED) is 0.791. The average molecular weight is 205 g/mol. The van der Waals surface area contributed by atoms with Crippen LogP contribution in [0.15, 0.2) is 12.4 Å². The van der Waals surface area contributed by atoms with E-state index in [1.807, 2.05) is 12.4 Å². The number of pyridine rings is 1. The van der Waals surface area contributed by atoms with Crippen molar-refractivity contribution in [3.05, 3.63) is 23.5 Å². The van der Waals surface area contributed by atoms with Gasteiger partial charge in [-0.25, -0.2) is 0 Å². The maximum absolute atomic E-state index is 4.30. The Kier molecular flexibility index (Phi) is 2.91. The van der Waals surface area contributed by atoms with E-state index < -0.39 is 0 Å². The highest BCUT2D eigenvalue weighted by Crippen LogP contribution is 2.24. The van der Waals surface area contributed by atoms with Gasteiger partial charge in [-0.15, -0.1) is 0 Å². The maximum atomic E-state index is 4.30. The van der Waals surface area contributed by atoms with Gasteiger partial charge in [0.1, 0.15) is 0 Å². The van der Waals surface area contributed by atoms with Crippen LogP contribution in [0.1, 0.15) is 30.9 Å². The third-order valence-electron chi connectivity index (χ3n) is 3.02. The zero-order valence-corrected chi connectivity index (χ0v) is 9.67. The SMILES string of the molecule is Cc1c(NC2CNC2)cncc1C(C)C. The van der Waals surface area contributed by atoms with Gasteiger partial charge in [0.05, 0.1) is 17.9 Å². The van der Waals surface area contributed by atoms with Crippen molar-refractivity contribution in [2.45, 2.75) is 32.7 Å². The standard InChI is InChI=1S/C12H19N3/c1-8(2)11-6-14-7-12(9(11)3)15-10-4-13-5-10/h6-8,10,13,15H,4-5H2,1-3H3. The molecule has 0 bridgehead atoms. The molecule has 0 aromatic carbocycles. The van der Waals surface area contributed by atoms with E-state index in [1.165, 1.54) is 16.8 Å². The molecule has 2 heterocycles. The van der Waals surface area contributed by atoms with E-state index in [1.54, 1.807) is 0 Å². The number of nitrogens with zero attached hydrogens (tertiary/aromatic N) is 1. The number of rotatable bonds is 3.